The number of esters is 4. The van der Waals surface area contributed by atoms with Gasteiger partial charge in [0.25, 0.3) is 0 Å². The number of hydrogen-bond donors (Lipinski definition) is 12. The van der Waals surface area contributed by atoms with Crippen LogP contribution in [0.15, 0.2) is 134 Å². The van der Waals surface area contributed by atoms with Crippen molar-refractivity contribution in [1.82, 2.24) is 15.0 Å². The van der Waals surface area contributed by atoms with Gasteiger partial charge in [-0.25, -0.2) is 0 Å². The first-order valence-electron chi connectivity index (χ1n) is 53.8. The second-order valence-electron chi connectivity index (χ2n) is 46.1. The van der Waals surface area contributed by atoms with Crippen molar-refractivity contribution in [2.45, 2.75) is 360 Å². The fourth-order valence-corrected chi connectivity index (χ4v) is 22.4. The molecule has 0 aliphatic carbocycles. The lowest BCUT2D eigenvalue weighted by Gasteiger charge is -2.43. The van der Waals surface area contributed by atoms with E-state index in [0.29, 0.717) is 38.5 Å². The largest absolute Gasteiger partial charge is 0.462 e. The number of ketones is 4. The van der Waals surface area contributed by atoms with Crippen molar-refractivity contribution in [1.29, 1.82) is 0 Å². The number of hydrogen-bond acceptors (Lipinski definition) is 27. The second kappa shape index (κ2) is 55.0. The van der Waals surface area contributed by atoms with E-state index in [1.54, 1.807) is 116 Å². The van der Waals surface area contributed by atoms with Gasteiger partial charge in [0.15, 0.2) is 0 Å². The molecule has 6 aromatic rings. The molecule has 3 aromatic heterocycles. The number of carbonyl (C=O) groups excluding carboxylic acids is 8. The van der Waals surface area contributed by atoms with Gasteiger partial charge in [-0.1, -0.05) is 237 Å². The van der Waals surface area contributed by atoms with Crippen molar-refractivity contribution in [3.8, 4) is 0 Å². The van der Waals surface area contributed by atoms with Crippen LogP contribution in [0.2, 0.25) is 0 Å². The molecule has 0 saturated carbocycles. The number of cyclic esters (lactones) is 4. The Hall–Kier alpha value is -8.81. The van der Waals surface area contributed by atoms with Gasteiger partial charge in [0.1, 0.15) is 58.8 Å². The van der Waals surface area contributed by atoms with Crippen molar-refractivity contribution in [3.05, 3.63) is 151 Å². The number of fused-ring (bicyclic) bond motifs is 3. The highest BCUT2D eigenvalue weighted by atomic mass is 16.6. The number of aliphatic hydroxyl groups is 12. The third kappa shape index (κ3) is 32.2. The molecule has 0 radical (unpaired) electrons. The molecule has 27 nitrogen and oxygen atoms in total. The third-order valence-corrected chi connectivity index (χ3v) is 34.8. The summed E-state index contributed by atoms with van der Waals surface area (Å²) in [5.41, 5.74) is -0.372. The van der Waals surface area contributed by atoms with Crippen LogP contribution in [0.3, 0.4) is 0 Å². The Labute approximate surface area is 873 Å². The van der Waals surface area contributed by atoms with E-state index in [1.807, 2.05) is 192 Å². The zero-order chi connectivity index (χ0) is 111. The van der Waals surface area contributed by atoms with E-state index < -0.39 is 202 Å². The highest BCUT2D eigenvalue weighted by Gasteiger charge is 2.53. The summed E-state index contributed by atoms with van der Waals surface area (Å²) in [5, 5.41) is 136. The molecular weight excluding hydrogens is 1870 g/mol. The van der Waals surface area contributed by atoms with Crippen LogP contribution < -0.4 is 0 Å². The number of allylic oxidation sites excluding steroid dienone is 1. The molecule has 27 heteroatoms. The first-order valence-corrected chi connectivity index (χ1v) is 53.8. The van der Waals surface area contributed by atoms with Crippen molar-refractivity contribution in [2.24, 2.45) is 142 Å². The molecule has 4 saturated heterocycles. The Morgan fingerprint density at radius 3 is 1.10 bits per heavy atom. The molecule has 40 atom stereocenters. The molecule has 0 unspecified atom stereocenters. The maximum absolute atomic E-state index is 13.4. The van der Waals surface area contributed by atoms with Gasteiger partial charge in [0, 0.05) is 119 Å². The van der Waals surface area contributed by atoms with Crippen LogP contribution in [-0.2, 0) is 63.7 Å². The SMILES string of the molecule is C=CC[C@H]1OC(=O)[C@H](C)[C@@H](C)[C@H](C)[C@@H](C)[C@](C)(O)C[C@@H](C)C(=O)[C@H](C)[C@@H](O)[C@]1(C)O.C[C@@H]1[C@@H](O)[C@@H](C)C[C@@H](C)C(=O)[C@H](C)[C@@H](O)[C@@H](C)[C@@H](C/C=C/c2cnc3ccccc3c2)OC(=O)[C@H](C)[C@H]1O.C[C@@H]1[C@@H](O)[C@@H](C)C[C@@H](C)C(=O)[C@H](C)[C@@H](O)[C@@H](C)[C@@H](CCCc2cnc3ccccc3c2)OC(=O)[C@H](C)[C@H]1O.C[C@H]1[C@H](C)[C@@H](C)C(=O)O[C@H](CC/C=C/c2cnc3ccccc3c2)[C@@](C)(O)[C@H](O)[C@@H](C)C(=O)[C@H](C)C[C@@](C)(O)[C@@H]1C. The Bertz CT molecular complexity index is 5360. The Morgan fingerprint density at radius 2 is 0.694 bits per heavy atom. The monoisotopic (exact) mass is 2050 g/mol. The smallest absolute Gasteiger partial charge is 0.311 e. The Morgan fingerprint density at radius 1 is 0.354 bits per heavy atom. The molecule has 818 valence electrons. The van der Waals surface area contributed by atoms with Crippen LogP contribution in [0.5, 0.6) is 0 Å². The summed E-state index contributed by atoms with van der Waals surface area (Å²) in [6.45, 7) is 52.9. The quantitative estimate of drug-likeness (QED) is 0.0290. The van der Waals surface area contributed by atoms with Gasteiger partial charge < -0.3 is 80.2 Å². The molecule has 4 aliphatic rings. The van der Waals surface area contributed by atoms with Gasteiger partial charge in [-0.3, -0.25) is 53.3 Å². The average Bonchev–Trinajstić information content (AvgIpc) is 0.786. The maximum Gasteiger partial charge on any atom is 0.311 e. The normalized spacial score (nSPS) is 39.0. The third-order valence-electron chi connectivity index (χ3n) is 34.8. The number of pyridine rings is 3. The maximum atomic E-state index is 13.4. The van der Waals surface area contributed by atoms with Gasteiger partial charge in [0.2, 0.25) is 0 Å². The minimum Gasteiger partial charge on any atom is -0.462 e. The predicted molar refractivity (Wildman–Crippen MR) is 573 cm³/mol. The molecule has 0 spiro atoms. The number of benzene rings is 3. The highest BCUT2D eigenvalue weighted by molar-refractivity contribution is 5.87. The summed E-state index contributed by atoms with van der Waals surface area (Å²) in [6.07, 6.45) is 6.62. The zero-order valence-corrected chi connectivity index (χ0v) is 92.7. The zero-order valence-electron chi connectivity index (χ0n) is 92.7. The molecule has 3 aromatic carbocycles. The number of nitrogens with zero attached hydrogens (tertiary/aromatic N) is 3. The van der Waals surface area contributed by atoms with E-state index in [1.165, 1.54) is 19.9 Å². The first kappa shape index (κ1) is 125. The molecule has 12 N–H and O–H groups in total. The van der Waals surface area contributed by atoms with E-state index >= 15 is 0 Å². The minimum atomic E-state index is -1.88. The number of aryl methyl sites for hydroxylation is 1. The summed E-state index contributed by atoms with van der Waals surface area (Å²) in [7, 11) is 0. The van der Waals surface area contributed by atoms with Crippen LogP contribution in [0.25, 0.3) is 44.9 Å². The number of Topliss-reactive ketones (excluding diaryl/α,β-unsaturated/α-hetero) is 4. The number of ether oxygens (including phenoxy) is 4. The van der Waals surface area contributed by atoms with E-state index in [-0.39, 0.29) is 108 Å². The molecule has 4 fully saturated rings. The number of para-hydroxylation sites is 3. The molecular formula is C120H179N3O24. The molecule has 4 aliphatic heterocycles. The molecule has 10 rings (SSSR count). The standard InChI is InChI=1S/C34H49NO6.C31H45NO6.C31H43NO6.C24H42O6/c1-20-18-33(7,39)25(6)22(3)21(2)23(4)32(38)41-29(34(8,40)31(37)24(5)30(20)36)16-12-9-13-26-17-27-14-10-11-15-28(27)35-19-26;2*1-17-14-18(2)28(34)21(5)30(36)22(6)31(37)38-26(19(3)29(35)20(4)27(17)33)13-9-10-23-15-24-11-7-8-12-25(24)32-16-23;1-10-11-19-24(9,29)21(26)17(6)20(25)13(2)12-23(8,28)18(7)15(4)14(3)16(5)22(27)30-19/h9-11,13-15,17,19-25,29,31,37,39-40H,12,16,18H2,1-8H3;7-8,11-12,15-22,26,28-30,34-36H,9-10,13-14H2,1-6H3;7-12,15-22,26,28-30,34-36H,13-14H2,1-6H3;10,13-19,21,26,28-29H,1,11-12H2,2-9H3/b13-9+;;10-9+;/t20-,21+,22+,23-,24+,25-,29-,31-,33-,34-;2*17-,18+,19+,20+,21-,22-,26-,28+,29+,30+;13-,14+,15+,16-,17+,18-,19-,21-,23-,24-/m1111/s1. The summed E-state index contributed by atoms with van der Waals surface area (Å²) in [5.74, 6) is -13.7. The lowest BCUT2D eigenvalue weighted by atomic mass is 9.68. The average molecular weight is 2050 g/mol. The van der Waals surface area contributed by atoms with E-state index in [9.17, 15) is 99.6 Å². The van der Waals surface area contributed by atoms with Crippen molar-refractivity contribution in [2.75, 3.05) is 0 Å². The topological polar surface area (TPSA) is 455 Å². The molecule has 0 bridgehead atoms. The molecule has 0 amide bonds. The van der Waals surface area contributed by atoms with Crippen LogP contribution in [0, 0.1) is 142 Å². The Kier molecular flexibility index (Phi) is 46.8. The Balaban J connectivity index is 0.000000267. The summed E-state index contributed by atoms with van der Waals surface area (Å²) >= 11 is 0. The van der Waals surface area contributed by atoms with E-state index in [2.05, 4.69) is 27.6 Å². The van der Waals surface area contributed by atoms with Gasteiger partial charge in [-0.2, -0.15) is 0 Å². The molecule has 7 heterocycles. The summed E-state index contributed by atoms with van der Waals surface area (Å²) in [6, 6.07) is 29.8. The first-order chi connectivity index (χ1) is 68.5. The summed E-state index contributed by atoms with van der Waals surface area (Å²) in [4.78, 5) is 119. The van der Waals surface area contributed by atoms with Crippen LogP contribution >= 0.6 is 0 Å². The van der Waals surface area contributed by atoms with Gasteiger partial charge in [0.05, 0.1) is 100 Å². The van der Waals surface area contributed by atoms with Crippen molar-refractivity contribution >= 4 is 91.9 Å². The van der Waals surface area contributed by atoms with Crippen molar-refractivity contribution < 1.29 is 119 Å². The van der Waals surface area contributed by atoms with Gasteiger partial charge in [-0.15, -0.1) is 6.58 Å². The molecule has 147 heavy (non-hydrogen) atoms. The van der Waals surface area contributed by atoms with Crippen LogP contribution in [-0.4, -0.2) is 219 Å². The fraction of sp³-hybridized carbons (Fsp3) is 0.658. The number of carbonyl (C=O) groups is 8. The van der Waals surface area contributed by atoms with Gasteiger partial charge in [-0.05, 0) is 200 Å². The lowest BCUT2D eigenvalue weighted by Crippen LogP contribution is -2.56. The highest BCUT2D eigenvalue weighted by Crippen LogP contribution is 2.44. The number of rotatable bonds is 13. The van der Waals surface area contributed by atoms with E-state index in [4.69, 9.17) is 18.9 Å². The predicted octanol–water partition coefficient (Wildman–Crippen LogP) is 17.5. The number of aromatic nitrogens is 3. The van der Waals surface area contributed by atoms with Crippen LogP contribution in [0.1, 0.15) is 275 Å². The fourth-order valence-electron chi connectivity index (χ4n) is 22.4. The van der Waals surface area contributed by atoms with Crippen molar-refractivity contribution in [3.63, 3.8) is 0 Å². The number of aliphatic hydroxyl groups excluding tert-OH is 8. The summed E-state index contributed by atoms with van der Waals surface area (Å²) < 4.78 is 23.4. The van der Waals surface area contributed by atoms with Crippen LogP contribution in [0.4, 0.5) is 0 Å². The lowest BCUT2D eigenvalue weighted by molar-refractivity contribution is -0.192. The minimum absolute atomic E-state index is 0.0193. The van der Waals surface area contributed by atoms with E-state index in [0.717, 1.165) is 55.8 Å². The van der Waals surface area contributed by atoms with Gasteiger partial charge >= 0.3 is 23.9 Å². The second-order valence-corrected chi connectivity index (χ2v) is 46.1.